The van der Waals surface area contributed by atoms with Crippen LogP contribution in [0.15, 0.2) is 29.1 Å². The number of piperazine rings is 1. The van der Waals surface area contributed by atoms with E-state index in [0.717, 1.165) is 12.1 Å². The SMILES string of the molecule is O=C(c1ccc(NS(=O)O)c(OC(F)(F)F)c1)N1CCN(C(=O)c2cscn2)CC1. The maximum atomic E-state index is 12.7. The quantitative estimate of drug-likeness (QED) is 0.656. The number of hydrogen-bond acceptors (Lipinski definition) is 6. The summed E-state index contributed by atoms with van der Waals surface area (Å²) >= 11 is -1.34. The second kappa shape index (κ2) is 8.97. The summed E-state index contributed by atoms with van der Waals surface area (Å²) < 4.78 is 63.5. The van der Waals surface area contributed by atoms with Crippen molar-refractivity contribution in [3.05, 3.63) is 40.3 Å². The minimum atomic E-state index is -5.06. The van der Waals surface area contributed by atoms with Gasteiger partial charge in [0.25, 0.3) is 23.1 Å². The van der Waals surface area contributed by atoms with E-state index in [1.165, 1.54) is 22.3 Å². The van der Waals surface area contributed by atoms with Crippen LogP contribution < -0.4 is 9.46 Å². The van der Waals surface area contributed by atoms with Gasteiger partial charge in [0.1, 0.15) is 5.69 Å². The average Bonchev–Trinajstić information content (AvgIpc) is 3.21. The molecular weight excluding hydrogens is 449 g/mol. The Morgan fingerprint density at radius 2 is 1.80 bits per heavy atom. The molecule has 2 N–H and O–H groups in total. The summed E-state index contributed by atoms with van der Waals surface area (Å²) in [7, 11) is 0. The van der Waals surface area contributed by atoms with Crippen LogP contribution in [0.2, 0.25) is 0 Å². The summed E-state index contributed by atoms with van der Waals surface area (Å²) in [6, 6.07) is 3.11. The van der Waals surface area contributed by atoms with Crippen molar-refractivity contribution >= 4 is 40.1 Å². The number of thiazole rings is 1. The molecule has 1 aromatic heterocycles. The third-order valence-corrected chi connectivity index (χ3v) is 5.14. The van der Waals surface area contributed by atoms with E-state index in [1.54, 1.807) is 15.8 Å². The minimum absolute atomic E-state index is 0.0946. The molecule has 1 aliphatic heterocycles. The second-order valence-electron chi connectivity index (χ2n) is 6.07. The van der Waals surface area contributed by atoms with Crippen molar-refractivity contribution in [3.63, 3.8) is 0 Å². The van der Waals surface area contributed by atoms with Gasteiger partial charge < -0.3 is 14.5 Å². The predicted molar refractivity (Wildman–Crippen MR) is 101 cm³/mol. The summed E-state index contributed by atoms with van der Waals surface area (Å²) in [5.41, 5.74) is 1.36. The number of amides is 2. The highest BCUT2D eigenvalue weighted by molar-refractivity contribution is 7.80. The van der Waals surface area contributed by atoms with E-state index in [-0.39, 0.29) is 37.6 Å². The Kier molecular flexibility index (Phi) is 6.58. The number of rotatable bonds is 5. The van der Waals surface area contributed by atoms with Gasteiger partial charge in [0.2, 0.25) is 0 Å². The van der Waals surface area contributed by atoms with Crippen molar-refractivity contribution in [2.24, 2.45) is 0 Å². The van der Waals surface area contributed by atoms with Crippen LogP contribution in [0.5, 0.6) is 5.75 Å². The van der Waals surface area contributed by atoms with E-state index in [2.05, 4.69) is 9.72 Å². The van der Waals surface area contributed by atoms with Gasteiger partial charge in [-0.1, -0.05) is 0 Å². The third-order valence-electron chi connectivity index (χ3n) is 4.16. The molecule has 2 aromatic rings. The van der Waals surface area contributed by atoms with Crippen molar-refractivity contribution in [3.8, 4) is 5.75 Å². The number of carbonyl (C=O) groups is 2. The number of anilines is 1. The molecule has 2 amide bonds. The van der Waals surface area contributed by atoms with E-state index in [1.807, 2.05) is 4.72 Å². The van der Waals surface area contributed by atoms with Gasteiger partial charge in [0.15, 0.2) is 5.75 Å². The van der Waals surface area contributed by atoms with E-state index in [4.69, 9.17) is 4.55 Å². The summed E-state index contributed by atoms with van der Waals surface area (Å²) in [6.45, 7) is 0.865. The second-order valence-corrected chi connectivity index (χ2v) is 7.49. The molecule has 162 valence electrons. The zero-order valence-electron chi connectivity index (χ0n) is 15.1. The Bertz CT molecular complexity index is 947. The molecule has 0 aliphatic carbocycles. The van der Waals surface area contributed by atoms with Gasteiger partial charge in [-0.2, -0.15) is 0 Å². The van der Waals surface area contributed by atoms with Crippen LogP contribution in [0.4, 0.5) is 18.9 Å². The highest BCUT2D eigenvalue weighted by atomic mass is 32.2. The number of benzene rings is 1. The van der Waals surface area contributed by atoms with Crippen molar-refractivity contribution in [1.82, 2.24) is 14.8 Å². The first-order valence-corrected chi connectivity index (χ1v) is 10.4. The molecule has 1 aromatic carbocycles. The highest BCUT2D eigenvalue weighted by Crippen LogP contribution is 2.32. The van der Waals surface area contributed by atoms with E-state index in [9.17, 15) is 27.0 Å². The fourth-order valence-corrected chi connectivity index (χ4v) is 3.70. The number of hydrogen-bond donors (Lipinski definition) is 2. The molecule has 0 bridgehead atoms. The molecule has 1 aliphatic rings. The molecule has 0 spiro atoms. The summed E-state index contributed by atoms with van der Waals surface area (Å²) in [5, 5.41) is 1.62. The summed E-state index contributed by atoms with van der Waals surface area (Å²) in [4.78, 5) is 31.9. The van der Waals surface area contributed by atoms with Gasteiger partial charge in [-0.25, -0.2) is 9.19 Å². The van der Waals surface area contributed by atoms with Crippen LogP contribution >= 0.6 is 11.3 Å². The molecule has 0 saturated carbocycles. The first kappa shape index (κ1) is 22.0. The lowest BCUT2D eigenvalue weighted by Crippen LogP contribution is -2.50. The molecule has 0 radical (unpaired) electrons. The van der Waals surface area contributed by atoms with Gasteiger partial charge in [-0.15, -0.1) is 24.5 Å². The van der Waals surface area contributed by atoms with E-state index >= 15 is 0 Å². The monoisotopic (exact) mass is 464 g/mol. The number of nitrogens with one attached hydrogen (secondary N) is 1. The van der Waals surface area contributed by atoms with Crippen LogP contribution in [0, 0.1) is 0 Å². The molecule has 3 rings (SSSR count). The lowest BCUT2D eigenvalue weighted by Gasteiger charge is -2.34. The fraction of sp³-hybridized carbons (Fsp3) is 0.312. The fourth-order valence-electron chi connectivity index (χ4n) is 2.82. The largest absolute Gasteiger partial charge is 0.573 e. The van der Waals surface area contributed by atoms with Crippen LogP contribution in [0.3, 0.4) is 0 Å². The number of ether oxygens (including phenoxy) is 1. The maximum absolute atomic E-state index is 12.7. The molecule has 14 heteroatoms. The number of carbonyl (C=O) groups excluding carboxylic acids is 2. The Labute approximate surface area is 174 Å². The number of nitrogens with zero attached hydrogens (tertiary/aromatic N) is 3. The minimum Gasteiger partial charge on any atom is -0.404 e. The predicted octanol–water partition coefficient (Wildman–Crippen LogP) is 2.19. The normalized spacial score (nSPS) is 15.6. The van der Waals surface area contributed by atoms with Gasteiger partial charge in [0.05, 0.1) is 11.2 Å². The Morgan fingerprint density at radius 1 is 1.17 bits per heavy atom. The van der Waals surface area contributed by atoms with Crippen LogP contribution in [-0.2, 0) is 11.3 Å². The first-order chi connectivity index (χ1) is 14.1. The van der Waals surface area contributed by atoms with Gasteiger partial charge in [-0.3, -0.25) is 18.9 Å². The number of aromatic nitrogens is 1. The van der Waals surface area contributed by atoms with Gasteiger partial charge >= 0.3 is 6.36 Å². The maximum Gasteiger partial charge on any atom is 0.573 e. The van der Waals surface area contributed by atoms with Crippen molar-refractivity contribution in [2.75, 3.05) is 30.9 Å². The van der Waals surface area contributed by atoms with Crippen molar-refractivity contribution < 1.29 is 36.3 Å². The molecule has 1 atom stereocenters. The Balaban J connectivity index is 1.71. The molecular formula is C16H15F3N4O5S2. The smallest absolute Gasteiger partial charge is 0.404 e. The Morgan fingerprint density at radius 3 is 2.33 bits per heavy atom. The van der Waals surface area contributed by atoms with E-state index < -0.39 is 35.0 Å². The lowest BCUT2D eigenvalue weighted by atomic mass is 10.1. The molecule has 1 unspecified atom stereocenters. The highest BCUT2D eigenvalue weighted by Gasteiger charge is 2.33. The van der Waals surface area contributed by atoms with Gasteiger partial charge in [-0.05, 0) is 18.2 Å². The molecule has 30 heavy (non-hydrogen) atoms. The zero-order chi connectivity index (χ0) is 21.9. The van der Waals surface area contributed by atoms with Gasteiger partial charge in [0, 0.05) is 37.1 Å². The number of alkyl halides is 3. The molecule has 9 nitrogen and oxygen atoms in total. The summed E-state index contributed by atoms with van der Waals surface area (Å²) in [5.74, 6) is -1.62. The molecule has 1 saturated heterocycles. The standard InChI is InChI=1S/C16H15F3N4O5S2/c17-16(18,19)28-13-7-10(1-2-11(13)21-30(26)27)14(24)22-3-5-23(6-4-22)15(25)12-8-29-9-20-12/h1-2,7-9,21H,3-6H2,(H,26,27). The summed E-state index contributed by atoms with van der Waals surface area (Å²) in [6.07, 6.45) is -5.06. The lowest BCUT2D eigenvalue weighted by molar-refractivity contribution is -0.274. The molecule has 2 heterocycles. The zero-order valence-corrected chi connectivity index (χ0v) is 16.7. The Hall–Kier alpha value is -2.71. The van der Waals surface area contributed by atoms with E-state index in [0.29, 0.717) is 5.69 Å². The average molecular weight is 464 g/mol. The topological polar surface area (TPSA) is 112 Å². The number of halogens is 3. The third kappa shape index (κ3) is 5.46. The van der Waals surface area contributed by atoms with Crippen molar-refractivity contribution in [2.45, 2.75) is 6.36 Å². The van der Waals surface area contributed by atoms with Crippen LogP contribution in [-0.4, -0.2) is 67.9 Å². The van der Waals surface area contributed by atoms with Crippen LogP contribution in [0.1, 0.15) is 20.8 Å². The van der Waals surface area contributed by atoms with Crippen molar-refractivity contribution in [1.29, 1.82) is 0 Å². The molecule has 1 fully saturated rings. The van der Waals surface area contributed by atoms with Crippen LogP contribution in [0.25, 0.3) is 0 Å². The first-order valence-electron chi connectivity index (χ1n) is 8.38.